The number of hydrogen-bond acceptors (Lipinski definition) is 0. The molecule has 1 saturated heterocycles. The van der Waals surface area contributed by atoms with Crippen molar-refractivity contribution in [3.05, 3.63) is 0 Å². The zero-order valence-corrected chi connectivity index (χ0v) is 7.21. The predicted molar refractivity (Wildman–Crippen MR) is 32.0 cm³/mol. The van der Waals surface area contributed by atoms with Crippen LogP contribution >= 0.6 is 0 Å². The van der Waals surface area contributed by atoms with Crippen molar-refractivity contribution in [3.63, 3.8) is 0 Å². The molecule has 1 fully saturated rings. The van der Waals surface area contributed by atoms with Gasteiger partial charge in [0.05, 0.1) is 0 Å². The van der Waals surface area contributed by atoms with Crippen LogP contribution in [0.25, 0.3) is 0 Å². The van der Waals surface area contributed by atoms with Crippen molar-refractivity contribution in [1.82, 2.24) is 0 Å². The molecule has 1 heterocycles. The predicted octanol–water partition coefficient (Wildman–Crippen LogP) is 1.18. The van der Waals surface area contributed by atoms with Gasteiger partial charge in [-0.25, -0.2) is 0 Å². The van der Waals surface area contributed by atoms with Crippen LogP contribution in [0.3, 0.4) is 0 Å². The minimum atomic E-state index is 0.161. The Bertz CT molecular complexity index is 19.4. The second kappa shape index (κ2) is 2.67. The Morgan fingerprint density at radius 3 is 1.67 bits per heavy atom. The summed E-state index contributed by atoms with van der Waals surface area (Å²) in [6.07, 6.45) is 4.71. The van der Waals surface area contributed by atoms with E-state index >= 15 is 0 Å². The van der Waals surface area contributed by atoms with E-state index in [1.54, 1.807) is 29.8 Å². The summed E-state index contributed by atoms with van der Waals surface area (Å²) < 4.78 is 0. The summed E-state index contributed by atoms with van der Waals surface area (Å²) in [6, 6.07) is 0. The van der Waals surface area contributed by atoms with Crippen molar-refractivity contribution in [3.8, 4) is 0 Å². The first-order valence-electron chi connectivity index (χ1n) is 3.00. The Balaban J connectivity index is 2.00. The van der Waals surface area contributed by atoms with Crippen LogP contribution in [0, 0.1) is 0 Å². The third kappa shape index (κ3) is 1.33. The summed E-state index contributed by atoms with van der Waals surface area (Å²) in [5, 5.41) is 3.38. The summed E-state index contributed by atoms with van der Waals surface area (Å²) in [4.78, 5) is 0. The van der Waals surface area contributed by atoms with Crippen LogP contribution in [0.2, 0.25) is 10.5 Å². The van der Waals surface area contributed by atoms with Crippen LogP contribution in [0.1, 0.15) is 19.3 Å². The van der Waals surface area contributed by atoms with Gasteiger partial charge in [-0.15, -0.1) is 0 Å². The zero-order valence-electron chi connectivity index (χ0n) is 4.24. The molecule has 0 unspecified atom stereocenters. The maximum absolute atomic E-state index is 1.69. The molecule has 6 heavy (non-hydrogen) atoms. The second-order valence-corrected chi connectivity index (χ2v) is 6.57. The minimum absolute atomic E-state index is 0.161. The molecule has 0 atom stereocenters. The standard InChI is InChI=1S/C5H12Ge/c1-2-4-6-5-3-1/h1-6H2. The molecule has 0 aromatic carbocycles. The Hall–Kier alpha value is 0.543. The van der Waals surface area contributed by atoms with Crippen LogP contribution in [-0.2, 0) is 0 Å². The molecule has 0 bridgehead atoms. The molecule has 0 radical (unpaired) electrons. The van der Waals surface area contributed by atoms with Crippen LogP contribution in [0.4, 0.5) is 0 Å². The van der Waals surface area contributed by atoms with Gasteiger partial charge in [0.25, 0.3) is 0 Å². The molecule has 0 aliphatic carbocycles. The Labute approximate surface area is 45.8 Å². The van der Waals surface area contributed by atoms with Crippen molar-refractivity contribution in [2.45, 2.75) is 29.8 Å². The fourth-order valence-electron chi connectivity index (χ4n) is 1.06. The monoisotopic (exact) mass is 146 g/mol. The van der Waals surface area contributed by atoms with Crippen molar-refractivity contribution < 1.29 is 0 Å². The average Bonchev–Trinajstić information content (AvgIpc) is 1.72. The van der Waals surface area contributed by atoms with Gasteiger partial charge < -0.3 is 0 Å². The first kappa shape index (κ1) is 4.70. The molecule has 1 heteroatoms. The Kier molecular flexibility index (Phi) is 2.09. The number of hydrogen-bond donors (Lipinski definition) is 0. The number of rotatable bonds is 0. The van der Waals surface area contributed by atoms with Gasteiger partial charge in [0.15, 0.2) is 0 Å². The van der Waals surface area contributed by atoms with Crippen molar-refractivity contribution in [2.75, 3.05) is 0 Å². The Morgan fingerprint density at radius 2 is 1.50 bits per heavy atom. The van der Waals surface area contributed by atoms with Gasteiger partial charge in [-0.05, 0) is 0 Å². The van der Waals surface area contributed by atoms with E-state index in [-0.39, 0.29) is 15.4 Å². The van der Waals surface area contributed by atoms with Gasteiger partial charge in [0.2, 0.25) is 0 Å². The molecule has 0 aromatic rings. The van der Waals surface area contributed by atoms with E-state index in [0.29, 0.717) is 0 Å². The topological polar surface area (TPSA) is 0 Å². The Morgan fingerprint density at radius 1 is 0.833 bits per heavy atom. The maximum atomic E-state index is 1.69. The molecular formula is C5H12Ge. The van der Waals surface area contributed by atoms with Crippen LogP contribution in [-0.4, -0.2) is 15.4 Å². The first-order valence-corrected chi connectivity index (χ1v) is 7.20. The molecule has 36 valence electrons. The zero-order chi connectivity index (χ0) is 4.24. The van der Waals surface area contributed by atoms with Crippen LogP contribution in [0.15, 0.2) is 0 Å². The van der Waals surface area contributed by atoms with Crippen molar-refractivity contribution in [2.24, 2.45) is 0 Å². The molecule has 1 aliphatic heterocycles. The van der Waals surface area contributed by atoms with Gasteiger partial charge in [0.1, 0.15) is 0 Å². The summed E-state index contributed by atoms with van der Waals surface area (Å²) in [5.74, 6) is 0. The van der Waals surface area contributed by atoms with E-state index in [1.165, 1.54) is 0 Å². The van der Waals surface area contributed by atoms with E-state index in [0.717, 1.165) is 0 Å². The second-order valence-electron chi connectivity index (χ2n) is 2.12. The molecule has 1 rings (SSSR count). The van der Waals surface area contributed by atoms with E-state index in [9.17, 15) is 0 Å². The molecule has 0 saturated carbocycles. The van der Waals surface area contributed by atoms with Gasteiger partial charge in [-0.3, -0.25) is 0 Å². The summed E-state index contributed by atoms with van der Waals surface area (Å²) in [7, 11) is 0. The molecule has 1 aliphatic rings. The molecule has 0 aromatic heterocycles. The fourth-order valence-corrected chi connectivity index (χ4v) is 4.77. The third-order valence-electron chi connectivity index (χ3n) is 1.50. The molecule has 0 amide bonds. The van der Waals surface area contributed by atoms with Crippen molar-refractivity contribution in [1.29, 1.82) is 0 Å². The van der Waals surface area contributed by atoms with Gasteiger partial charge in [-0.1, -0.05) is 0 Å². The molecule has 0 spiro atoms. The average molecular weight is 145 g/mol. The van der Waals surface area contributed by atoms with Crippen LogP contribution in [0.5, 0.6) is 0 Å². The quantitative estimate of drug-likeness (QED) is 0.448. The normalized spacial score (nSPS) is 24.0. The summed E-state index contributed by atoms with van der Waals surface area (Å²) >= 11 is 0.161. The van der Waals surface area contributed by atoms with Crippen molar-refractivity contribution >= 4 is 15.4 Å². The molecule has 0 nitrogen and oxygen atoms in total. The van der Waals surface area contributed by atoms with Gasteiger partial charge in [-0.2, -0.15) is 0 Å². The van der Waals surface area contributed by atoms with E-state index in [1.807, 2.05) is 0 Å². The van der Waals surface area contributed by atoms with Crippen LogP contribution < -0.4 is 0 Å². The van der Waals surface area contributed by atoms with E-state index in [2.05, 4.69) is 0 Å². The summed E-state index contributed by atoms with van der Waals surface area (Å²) in [5.41, 5.74) is 0. The third-order valence-corrected chi connectivity index (χ3v) is 5.70. The molecule has 0 N–H and O–H groups in total. The summed E-state index contributed by atoms with van der Waals surface area (Å²) in [6.45, 7) is 0. The van der Waals surface area contributed by atoms with E-state index < -0.39 is 0 Å². The van der Waals surface area contributed by atoms with E-state index in [4.69, 9.17) is 0 Å². The fraction of sp³-hybridized carbons (Fsp3) is 1.00. The van der Waals surface area contributed by atoms with Gasteiger partial charge in [0, 0.05) is 0 Å². The SMILES string of the molecule is C1C[CH2][GeH2][CH2]C1. The first-order chi connectivity index (χ1) is 3.00. The van der Waals surface area contributed by atoms with Gasteiger partial charge >= 0.3 is 45.2 Å². The molecular weight excluding hydrogens is 133 g/mol.